The van der Waals surface area contributed by atoms with Crippen LogP contribution in [0.4, 0.5) is 0 Å². The Morgan fingerprint density at radius 2 is 1.27 bits per heavy atom. The Labute approximate surface area is 131 Å². The van der Waals surface area contributed by atoms with Crippen molar-refractivity contribution in [3.63, 3.8) is 0 Å². The molecule has 0 aliphatic carbocycles. The van der Waals surface area contributed by atoms with Crippen LogP contribution in [0.15, 0.2) is 71.6 Å². The number of aliphatic carboxylic acids is 1. The van der Waals surface area contributed by atoms with Crippen molar-refractivity contribution in [3.8, 4) is 0 Å². The molecule has 2 aromatic rings. The Bertz CT molecular complexity index is 583. The third-order valence-corrected chi connectivity index (χ3v) is 3.04. The lowest BCUT2D eigenvalue weighted by Crippen LogP contribution is -1.96. The molecular formula is C16H20O5S. The maximum Gasteiger partial charge on any atom is 0.303 e. The van der Waals surface area contributed by atoms with Crippen LogP contribution in [-0.2, 0) is 14.9 Å². The fourth-order valence-electron chi connectivity index (χ4n) is 1.19. The van der Waals surface area contributed by atoms with E-state index in [2.05, 4.69) is 0 Å². The molecule has 0 aliphatic rings. The van der Waals surface area contributed by atoms with Gasteiger partial charge in [-0.25, -0.2) is 0 Å². The number of benzene rings is 2. The summed E-state index contributed by atoms with van der Waals surface area (Å²) in [5.41, 5.74) is 0. The minimum Gasteiger partial charge on any atom is -0.481 e. The van der Waals surface area contributed by atoms with Gasteiger partial charge in [-0.15, -0.1) is 0 Å². The van der Waals surface area contributed by atoms with Crippen LogP contribution in [0.3, 0.4) is 0 Å². The van der Waals surface area contributed by atoms with Crippen molar-refractivity contribution in [1.29, 1.82) is 0 Å². The normalized spacial score (nSPS) is 9.55. The molecule has 0 radical (unpaired) electrons. The molecule has 0 saturated heterocycles. The number of carboxylic acid groups (broad SMARTS) is 1. The molecule has 0 atom stereocenters. The zero-order valence-corrected chi connectivity index (χ0v) is 13.1. The van der Waals surface area contributed by atoms with E-state index in [1.807, 2.05) is 43.3 Å². The average molecular weight is 324 g/mol. The van der Waals surface area contributed by atoms with Crippen molar-refractivity contribution < 1.29 is 22.9 Å². The van der Waals surface area contributed by atoms with E-state index in [9.17, 15) is 13.2 Å². The molecule has 0 aromatic heterocycles. The van der Waals surface area contributed by atoms with Crippen LogP contribution in [0, 0.1) is 0 Å². The summed E-state index contributed by atoms with van der Waals surface area (Å²) in [7, 11) is -4.00. The topological polar surface area (TPSA) is 91.7 Å². The second-order valence-corrected chi connectivity index (χ2v) is 5.51. The molecule has 2 N–H and O–H groups in total. The lowest BCUT2D eigenvalue weighted by atomic mass is 10.4. The molecule has 0 unspecified atom stereocenters. The zero-order chi connectivity index (χ0) is 16.8. The molecule has 0 spiro atoms. The van der Waals surface area contributed by atoms with Gasteiger partial charge in [-0.05, 0) is 18.6 Å². The third kappa shape index (κ3) is 11.6. The molecule has 0 heterocycles. The molecule has 0 aliphatic heterocycles. The Balaban J connectivity index is 0.000000319. The predicted octanol–water partition coefficient (Wildman–Crippen LogP) is 3.49. The second-order valence-electron chi connectivity index (χ2n) is 4.09. The first-order chi connectivity index (χ1) is 10.4. The molecule has 0 fully saturated rings. The quantitative estimate of drug-likeness (QED) is 0.843. The van der Waals surface area contributed by atoms with Crippen molar-refractivity contribution in [2.75, 3.05) is 0 Å². The van der Waals surface area contributed by atoms with Crippen LogP contribution in [0.1, 0.15) is 19.8 Å². The molecule has 5 nitrogen and oxygen atoms in total. The van der Waals surface area contributed by atoms with Gasteiger partial charge < -0.3 is 5.11 Å². The first-order valence-electron chi connectivity index (χ1n) is 6.62. The lowest BCUT2D eigenvalue weighted by molar-refractivity contribution is -0.137. The fraction of sp³-hybridized carbons (Fsp3) is 0.188. The van der Waals surface area contributed by atoms with E-state index in [4.69, 9.17) is 9.66 Å². The molecule has 22 heavy (non-hydrogen) atoms. The van der Waals surface area contributed by atoms with Crippen LogP contribution in [-0.4, -0.2) is 24.0 Å². The summed E-state index contributed by atoms with van der Waals surface area (Å²) in [6.07, 6.45) is 1.02. The lowest BCUT2D eigenvalue weighted by Gasteiger charge is -1.92. The Kier molecular flexibility index (Phi) is 10.3. The third-order valence-electron chi connectivity index (χ3n) is 2.17. The molecule has 120 valence electrons. The number of hydrogen-bond acceptors (Lipinski definition) is 3. The molecule has 6 heteroatoms. The van der Waals surface area contributed by atoms with Gasteiger partial charge in [-0.3, -0.25) is 9.35 Å². The summed E-state index contributed by atoms with van der Waals surface area (Å²) in [5.74, 6) is -0.711. The highest BCUT2D eigenvalue weighted by atomic mass is 32.2. The predicted molar refractivity (Wildman–Crippen MR) is 85.2 cm³/mol. The van der Waals surface area contributed by atoms with E-state index >= 15 is 0 Å². The number of carboxylic acids is 1. The van der Waals surface area contributed by atoms with Gasteiger partial charge in [0.2, 0.25) is 0 Å². The number of carbonyl (C=O) groups is 1. The van der Waals surface area contributed by atoms with Gasteiger partial charge in [-0.2, -0.15) is 8.42 Å². The van der Waals surface area contributed by atoms with Gasteiger partial charge >= 0.3 is 5.97 Å². The van der Waals surface area contributed by atoms with Gasteiger partial charge in [0.25, 0.3) is 10.1 Å². The van der Waals surface area contributed by atoms with Crippen molar-refractivity contribution in [3.05, 3.63) is 66.7 Å². The summed E-state index contributed by atoms with van der Waals surface area (Å²) >= 11 is 0. The maximum atomic E-state index is 10.4. The zero-order valence-electron chi connectivity index (χ0n) is 12.3. The summed E-state index contributed by atoms with van der Waals surface area (Å²) in [4.78, 5) is 9.53. The van der Waals surface area contributed by atoms with Gasteiger partial charge in [-0.1, -0.05) is 61.5 Å². The largest absolute Gasteiger partial charge is 0.481 e. The van der Waals surface area contributed by atoms with E-state index in [0.29, 0.717) is 6.42 Å². The highest BCUT2D eigenvalue weighted by Crippen LogP contribution is 2.05. The summed E-state index contributed by atoms with van der Waals surface area (Å²) < 4.78 is 29.2. The monoisotopic (exact) mass is 324 g/mol. The van der Waals surface area contributed by atoms with Gasteiger partial charge in [0.15, 0.2) is 0 Å². The standard InChI is InChI=1S/C6H6O3S.C6H6.C4H8O2/c7-10(8,9)6-4-2-1-3-5-6;1-2-4-6-5-3-1;1-2-3-4(5)6/h1-5H,(H,7,8,9);1-6H;2-3H2,1H3,(H,5,6). The summed E-state index contributed by atoms with van der Waals surface area (Å²) in [6.45, 7) is 1.84. The van der Waals surface area contributed by atoms with E-state index < -0.39 is 16.1 Å². The smallest absolute Gasteiger partial charge is 0.303 e. The molecule has 2 aromatic carbocycles. The van der Waals surface area contributed by atoms with Crippen LogP contribution >= 0.6 is 0 Å². The first-order valence-corrected chi connectivity index (χ1v) is 8.06. The van der Waals surface area contributed by atoms with Crippen LogP contribution in [0.25, 0.3) is 0 Å². The molecular weight excluding hydrogens is 304 g/mol. The average Bonchev–Trinajstić information content (AvgIpc) is 2.50. The van der Waals surface area contributed by atoms with Crippen molar-refractivity contribution >= 4 is 16.1 Å². The van der Waals surface area contributed by atoms with Gasteiger partial charge in [0, 0.05) is 6.42 Å². The summed E-state index contributed by atoms with van der Waals surface area (Å²) in [6, 6.07) is 19.4. The van der Waals surface area contributed by atoms with E-state index in [0.717, 1.165) is 6.42 Å². The van der Waals surface area contributed by atoms with E-state index in [1.54, 1.807) is 18.2 Å². The SMILES string of the molecule is CCCC(=O)O.O=S(=O)(O)c1ccccc1.c1ccccc1. The van der Waals surface area contributed by atoms with Crippen molar-refractivity contribution in [1.82, 2.24) is 0 Å². The van der Waals surface area contributed by atoms with Crippen molar-refractivity contribution in [2.45, 2.75) is 24.7 Å². The second kappa shape index (κ2) is 11.5. The van der Waals surface area contributed by atoms with Crippen LogP contribution in [0.5, 0.6) is 0 Å². The first kappa shape index (κ1) is 19.8. The Hall–Kier alpha value is -2.18. The minimum atomic E-state index is -4.00. The molecule has 0 bridgehead atoms. The molecule has 0 saturated carbocycles. The highest BCUT2D eigenvalue weighted by molar-refractivity contribution is 7.85. The fourth-order valence-corrected chi connectivity index (χ4v) is 1.69. The summed E-state index contributed by atoms with van der Waals surface area (Å²) in [5, 5.41) is 7.91. The maximum absolute atomic E-state index is 10.4. The minimum absolute atomic E-state index is 0.0741. The number of rotatable bonds is 3. The molecule has 0 amide bonds. The van der Waals surface area contributed by atoms with Crippen molar-refractivity contribution in [2.24, 2.45) is 0 Å². The Morgan fingerprint density at radius 1 is 0.909 bits per heavy atom. The number of hydrogen-bond donors (Lipinski definition) is 2. The highest BCUT2D eigenvalue weighted by Gasteiger charge is 2.05. The van der Waals surface area contributed by atoms with Gasteiger partial charge in [0.05, 0.1) is 4.90 Å². The van der Waals surface area contributed by atoms with Crippen LogP contribution in [0.2, 0.25) is 0 Å². The molecule has 2 rings (SSSR count). The van der Waals surface area contributed by atoms with Crippen LogP contribution < -0.4 is 0 Å². The van der Waals surface area contributed by atoms with Gasteiger partial charge in [0.1, 0.15) is 0 Å². The Morgan fingerprint density at radius 3 is 1.45 bits per heavy atom. The van der Waals surface area contributed by atoms with E-state index in [1.165, 1.54) is 12.1 Å². The van der Waals surface area contributed by atoms with E-state index in [-0.39, 0.29) is 4.90 Å².